The number of pyridine rings is 1. The molecule has 0 spiro atoms. The summed E-state index contributed by atoms with van der Waals surface area (Å²) in [5.74, 6) is 3.49. The van der Waals surface area contributed by atoms with Gasteiger partial charge in [0.1, 0.15) is 18.0 Å². The summed E-state index contributed by atoms with van der Waals surface area (Å²) in [6.45, 7) is 5.87. The lowest BCUT2D eigenvalue weighted by Gasteiger charge is -2.24. The summed E-state index contributed by atoms with van der Waals surface area (Å²) in [5, 5.41) is 0. The van der Waals surface area contributed by atoms with E-state index in [0.29, 0.717) is 5.88 Å². The van der Waals surface area contributed by atoms with Crippen LogP contribution in [-0.4, -0.2) is 41.7 Å². The van der Waals surface area contributed by atoms with Crippen LogP contribution in [0.2, 0.25) is 0 Å². The van der Waals surface area contributed by atoms with E-state index in [1.807, 2.05) is 6.07 Å². The Hall–Kier alpha value is -2.37. The van der Waals surface area contributed by atoms with Crippen LogP contribution in [0, 0.1) is 12.8 Å². The van der Waals surface area contributed by atoms with Gasteiger partial charge in [0.05, 0.1) is 7.11 Å². The van der Waals surface area contributed by atoms with E-state index in [2.05, 4.69) is 38.8 Å². The van der Waals surface area contributed by atoms with Crippen LogP contribution in [0.1, 0.15) is 24.1 Å². The molecule has 0 saturated heterocycles. The summed E-state index contributed by atoms with van der Waals surface area (Å²) in [6.07, 6.45) is 4.27. The van der Waals surface area contributed by atoms with Crippen molar-refractivity contribution in [2.75, 3.05) is 36.5 Å². The first-order valence-electron chi connectivity index (χ1n) is 8.55. The highest BCUT2D eigenvalue weighted by Gasteiger charge is 2.28. The van der Waals surface area contributed by atoms with Gasteiger partial charge in [0.15, 0.2) is 0 Å². The molecule has 24 heavy (non-hydrogen) atoms. The molecule has 0 bridgehead atoms. The van der Waals surface area contributed by atoms with Gasteiger partial charge in [-0.1, -0.05) is 6.07 Å². The van der Waals surface area contributed by atoms with Crippen molar-refractivity contribution in [2.45, 2.75) is 26.3 Å². The fraction of sp³-hybridized carbons (Fsp3) is 0.500. The third-order valence-electron chi connectivity index (χ3n) is 4.73. The number of rotatable bonds is 4. The zero-order chi connectivity index (χ0) is 16.5. The molecular weight excluding hydrogens is 302 g/mol. The Bertz CT molecular complexity index is 731. The number of fused-ring (bicyclic) bond motifs is 1. The highest BCUT2D eigenvalue weighted by molar-refractivity contribution is 5.53. The van der Waals surface area contributed by atoms with Crippen LogP contribution in [0.25, 0.3) is 0 Å². The van der Waals surface area contributed by atoms with Gasteiger partial charge < -0.3 is 14.5 Å². The van der Waals surface area contributed by atoms with Crippen LogP contribution in [0.3, 0.4) is 0 Å². The van der Waals surface area contributed by atoms with Crippen LogP contribution in [0.15, 0.2) is 24.5 Å². The van der Waals surface area contributed by atoms with Crippen molar-refractivity contribution >= 4 is 11.6 Å². The molecule has 126 valence electrons. The summed E-state index contributed by atoms with van der Waals surface area (Å²) >= 11 is 0. The zero-order valence-electron chi connectivity index (χ0n) is 14.3. The van der Waals surface area contributed by atoms with E-state index < -0.39 is 0 Å². The van der Waals surface area contributed by atoms with Gasteiger partial charge in [-0.3, -0.25) is 0 Å². The highest BCUT2D eigenvalue weighted by Crippen LogP contribution is 2.33. The minimum absolute atomic E-state index is 0.598. The second-order valence-electron chi connectivity index (χ2n) is 6.66. The van der Waals surface area contributed by atoms with E-state index >= 15 is 0 Å². The van der Waals surface area contributed by atoms with E-state index in [4.69, 9.17) is 9.72 Å². The molecule has 1 fully saturated rings. The van der Waals surface area contributed by atoms with E-state index in [-0.39, 0.29) is 0 Å². The topological polar surface area (TPSA) is 54.4 Å². The number of aromatic nitrogens is 3. The van der Waals surface area contributed by atoms with Crippen molar-refractivity contribution in [1.29, 1.82) is 0 Å². The van der Waals surface area contributed by atoms with Crippen molar-refractivity contribution in [1.82, 2.24) is 15.0 Å². The van der Waals surface area contributed by atoms with E-state index in [1.54, 1.807) is 13.4 Å². The molecule has 6 nitrogen and oxygen atoms in total. The summed E-state index contributed by atoms with van der Waals surface area (Å²) in [4.78, 5) is 18.1. The molecule has 4 rings (SSSR count). The lowest BCUT2D eigenvalue weighted by Crippen LogP contribution is -2.33. The summed E-state index contributed by atoms with van der Waals surface area (Å²) in [6, 6.07) is 6.20. The second kappa shape index (κ2) is 6.26. The molecule has 0 unspecified atom stereocenters. The maximum absolute atomic E-state index is 5.24. The van der Waals surface area contributed by atoms with Crippen LogP contribution in [0.4, 0.5) is 11.6 Å². The van der Waals surface area contributed by atoms with Gasteiger partial charge in [-0.25, -0.2) is 15.0 Å². The third kappa shape index (κ3) is 3.13. The molecule has 6 heteroatoms. The molecule has 0 radical (unpaired) electrons. The minimum atomic E-state index is 0.598. The molecule has 0 aromatic carbocycles. The molecule has 2 aromatic heterocycles. The molecule has 2 aliphatic rings. The van der Waals surface area contributed by atoms with Gasteiger partial charge in [0.25, 0.3) is 0 Å². The molecule has 0 N–H and O–H groups in total. The van der Waals surface area contributed by atoms with Gasteiger partial charge in [-0.2, -0.15) is 0 Å². The first-order chi connectivity index (χ1) is 11.7. The molecule has 1 saturated carbocycles. The van der Waals surface area contributed by atoms with Gasteiger partial charge in [0, 0.05) is 43.5 Å². The number of hydrogen-bond donors (Lipinski definition) is 0. The van der Waals surface area contributed by atoms with Gasteiger partial charge in [-0.15, -0.1) is 0 Å². The van der Waals surface area contributed by atoms with E-state index in [0.717, 1.165) is 49.4 Å². The SMILES string of the molecule is COc1cc(N2CCN(CC3CC3)c3nc(C)ccc3C2)ncn1. The molecule has 2 aromatic rings. The van der Waals surface area contributed by atoms with Crippen molar-refractivity contribution in [3.63, 3.8) is 0 Å². The predicted molar refractivity (Wildman–Crippen MR) is 93.5 cm³/mol. The number of hydrogen-bond acceptors (Lipinski definition) is 6. The summed E-state index contributed by atoms with van der Waals surface area (Å²) in [5.41, 5.74) is 2.34. The Kier molecular flexibility index (Phi) is 3.96. The van der Waals surface area contributed by atoms with Crippen molar-refractivity contribution < 1.29 is 4.74 Å². The van der Waals surface area contributed by atoms with Crippen LogP contribution >= 0.6 is 0 Å². The van der Waals surface area contributed by atoms with E-state index in [1.165, 1.54) is 18.4 Å². The fourth-order valence-electron chi connectivity index (χ4n) is 3.20. The number of nitrogens with zero attached hydrogens (tertiary/aromatic N) is 5. The second-order valence-corrected chi connectivity index (χ2v) is 6.66. The molecule has 0 amide bonds. The van der Waals surface area contributed by atoms with Gasteiger partial charge in [-0.05, 0) is 31.7 Å². The summed E-state index contributed by atoms with van der Waals surface area (Å²) < 4.78 is 5.24. The van der Waals surface area contributed by atoms with E-state index in [9.17, 15) is 0 Å². The number of anilines is 2. The maximum atomic E-state index is 5.24. The first-order valence-corrected chi connectivity index (χ1v) is 8.55. The zero-order valence-corrected chi connectivity index (χ0v) is 14.3. The van der Waals surface area contributed by atoms with Crippen LogP contribution < -0.4 is 14.5 Å². The number of ether oxygens (including phenoxy) is 1. The lowest BCUT2D eigenvalue weighted by atomic mass is 10.2. The Morgan fingerprint density at radius 3 is 2.88 bits per heavy atom. The Morgan fingerprint density at radius 2 is 2.08 bits per heavy atom. The number of aryl methyl sites for hydroxylation is 1. The molecule has 1 aliphatic heterocycles. The average molecular weight is 325 g/mol. The smallest absolute Gasteiger partial charge is 0.218 e. The fourth-order valence-corrected chi connectivity index (χ4v) is 3.20. The van der Waals surface area contributed by atoms with Gasteiger partial charge >= 0.3 is 0 Å². The Balaban J connectivity index is 1.65. The number of methoxy groups -OCH3 is 1. The van der Waals surface area contributed by atoms with Gasteiger partial charge in [0.2, 0.25) is 5.88 Å². The standard InChI is InChI=1S/C18H23N5O/c1-13-3-6-15-11-22(16-9-17(24-2)20-12-19-16)7-8-23(18(15)21-13)10-14-4-5-14/h3,6,9,12,14H,4-5,7-8,10-11H2,1-2H3. The monoisotopic (exact) mass is 325 g/mol. The maximum Gasteiger partial charge on any atom is 0.218 e. The average Bonchev–Trinajstić information content (AvgIpc) is 3.43. The Labute approximate surface area is 142 Å². The highest BCUT2D eigenvalue weighted by atomic mass is 16.5. The molecule has 0 atom stereocenters. The quantitative estimate of drug-likeness (QED) is 0.860. The normalized spacial score (nSPS) is 17.4. The predicted octanol–water partition coefficient (Wildman–Crippen LogP) is 2.43. The van der Waals surface area contributed by atoms with Crippen LogP contribution in [-0.2, 0) is 6.54 Å². The molecule has 3 heterocycles. The first kappa shape index (κ1) is 15.2. The lowest BCUT2D eigenvalue weighted by molar-refractivity contribution is 0.396. The minimum Gasteiger partial charge on any atom is -0.481 e. The summed E-state index contributed by atoms with van der Waals surface area (Å²) in [7, 11) is 1.63. The van der Waals surface area contributed by atoms with Crippen molar-refractivity contribution in [3.05, 3.63) is 35.8 Å². The van der Waals surface area contributed by atoms with Crippen molar-refractivity contribution in [3.8, 4) is 5.88 Å². The molecule has 1 aliphatic carbocycles. The Morgan fingerprint density at radius 1 is 1.21 bits per heavy atom. The van der Waals surface area contributed by atoms with Crippen molar-refractivity contribution in [2.24, 2.45) is 5.92 Å². The third-order valence-corrected chi connectivity index (χ3v) is 4.73. The van der Waals surface area contributed by atoms with Crippen LogP contribution in [0.5, 0.6) is 5.88 Å². The largest absolute Gasteiger partial charge is 0.481 e. The molecular formula is C18H23N5O.